The van der Waals surface area contributed by atoms with Gasteiger partial charge in [0.2, 0.25) is 0 Å². The van der Waals surface area contributed by atoms with Crippen LogP contribution in [0.2, 0.25) is 0 Å². The quantitative estimate of drug-likeness (QED) is 0.547. The molecule has 25 heavy (non-hydrogen) atoms. The monoisotopic (exact) mass is 364 g/mol. The number of nitrogens with zero attached hydrogens (tertiary/aromatic N) is 2. The number of hydrogen-bond donors (Lipinski definition) is 0. The summed E-state index contributed by atoms with van der Waals surface area (Å²) in [6.07, 6.45) is 1.34. The molecule has 2 heterocycles. The molecule has 2 rings (SSSR count). The van der Waals surface area contributed by atoms with Crippen LogP contribution in [-0.2, 0) is 20.0 Å². The van der Waals surface area contributed by atoms with Crippen LogP contribution in [0.3, 0.4) is 0 Å². The summed E-state index contributed by atoms with van der Waals surface area (Å²) in [4.78, 5) is 28.0. The Morgan fingerprint density at radius 1 is 1.32 bits per heavy atom. The third kappa shape index (κ3) is 5.32. The highest BCUT2D eigenvalue weighted by molar-refractivity contribution is 7.98. The maximum absolute atomic E-state index is 12.2. The van der Waals surface area contributed by atoms with Crippen molar-refractivity contribution in [2.45, 2.75) is 44.6 Å². The average molecular weight is 364 g/mol. The Bertz CT molecular complexity index is 738. The molecule has 0 aliphatic rings. The highest BCUT2D eigenvalue weighted by Crippen LogP contribution is 2.27. The number of carbonyl (C=O) groups is 2. The molecule has 2 aromatic rings. The van der Waals surface area contributed by atoms with Crippen LogP contribution < -0.4 is 0 Å². The number of thioether (sulfide) groups is 1. The summed E-state index contributed by atoms with van der Waals surface area (Å²) in [7, 11) is 0. The molecular weight excluding hydrogens is 344 g/mol. The highest BCUT2D eigenvalue weighted by atomic mass is 32.2. The van der Waals surface area contributed by atoms with Gasteiger partial charge in [-0.3, -0.25) is 0 Å². The largest absolute Gasteiger partial charge is 0.460 e. The van der Waals surface area contributed by atoms with Gasteiger partial charge in [-0.1, -0.05) is 5.16 Å². The van der Waals surface area contributed by atoms with E-state index in [1.165, 1.54) is 11.8 Å². The molecule has 2 aromatic heterocycles. The van der Waals surface area contributed by atoms with Crippen molar-refractivity contribution < 1.29 is 23.6 Å². The van der Waals surface area contributed by atoms with Crippen LogP contribution in [0.1, 0.15) is 41.2 Å². The summed E-state index contributed by atoms with van der Waals surface area (Å²) in [6.45, 7) is 6.72. The lowest BCUT2D eigenvalue weighted by molar-refractivity contribution is -0.150. The predicted molar refractivity (Wildman–Crippen MR) is 91.3 cm³/mol. The summed E-state index contributed by atoms with van der Waals surface area (Å²) in [5, 5.41) is 4.42. The molecule has 8 heteroatoms. The van der Waals surface area contributed by atoms with Gasteiger partial charge in [-0.25, -0.2) is 14.6 Å². The minimum absolute atomic E-state index is 0.259. The van der Waals surface area contributed by atoms with Gasteiger partial charge in [0.05, 0.1) is 17.4 Å². The molecule has 0 aliphatic heterocycles. The average Bonchev–Trinajstić information content (AvgIpc) is 2.89. The van der Waals surface area contributed by atoms with Gasteiger partial charge in [0.15, 0.2) is 6.61 Å². The van der Waals surface area contributed by atoms with Gasteiger partial charge in [0, 0.05) is 17.5 Å². The van der Waals surface area contributed by atoms with Crippen LogP contribution >= 0.6 is 11.8 Å². The van der Waals surface area contributed by atoms with Gasteiger partial charge in [0.1, 0.15) is 10.8 Å². The number of hydrogen-bond acceptors (Lipinski definition) is 8. The van der Waals surface area contributed by atoms with Gasteiger partial charge >= 0.3 is 11.9 Å². The van der Waals surface area contributed by atoms with Gasteiger partial charge in [-0.2, -0.15) is 0 Å². The predicted octanol–water partition coefficient (Wildman–Crippen LogP) is 3.09. The molecule has 0 amide bonds. The Labute approximate surface area is 150 Å². The van der Waals surface area contributed by atoms with E-state index in [2.05, 4.69) is 10.1 Å². The van der Waals surface area contributed by atoms with Gasteiger partial charge in [-0.05, 0) is 39.8 Å². The first-order valence-corrected chi connectivity index (χ1v) is 8.73. The van der Waals surface area contributed by atoms with Crippen molar-refractivity contribution >= 4 is 23.7 Å². The van der Waals surface area contributed by atoms with E-state index in [0.717, 1.165) is 17.0 Å². The maximum atomic E-state index is 12.2. The van der Waals surface area contributed by atoms with Crippen LogP contribution in [0.4, 0.5) is 0 Å². The number of pyridine rings is 1. The highest BCUT2D eigenvalue weighted by Gasteiger charge is 2.18. The van der Waals surface area contributed by atoms with E-state index in [-0.39, 0.29) is 6.10 Å². The fraction of sp³-hybridized carbons (Fsp3) is 0.412. The number of rotatable bonds is 7. The Morgan fingerprint density at radius 2 is 2.08 bits per heavy atom. The fourth-order valence-electron chi connectivity index (χ4n) is 2.01. The van der Waals surface area contributed by atoms with Crippen molar-refractivity contribution in [1.82, 2.24) is 10.1 Å². The standard InChI is InChI=1S/C17H20N2O5S/c1-10(2)23-15(20)8-22-17(21)13-6-5-7-18-16(13)25-9-14-11(3)19-24-12(14)4/h5-7,10H,8-9H2,1-4H3. The molecule has 0 spiro atoms. The van der Waals surface area contributed by atoms with Crippen LogP contribution in [0, 0.1) is 13.8 Å². The molecule has 0 fully saturated rings. The number of aryl methyl sites for hydroxylation is 2. The second kappa shape index (κ2) is 8.66. The van der Waals surface area contributed by atoms with Crippen molar-refractivity contribution in [3.8, 4) is 0 Å². The van der Waals surface area contributed by atoms with E-state index < -0.39 is 18.5 Å². The molecule has 0 N–H and O–H groups in total. The summed E-state index contributed by atoms with van der Waals surface area (Å²) in [5.74, 6) is 0.0992. The fourth-order valence-corrected chi connectivity index (χ4v) is 3.14. The molecule has 0 saturated carbocycles. The van der Waals surface area contributed by atoms with Crippen LogP contribution in [-0.4, -0.2) is 34.8 Å². The topological polar surface area (TPSA) is 91.5 Å². The molecule has 0 atom stereocenters. The normalized spacial score (nSPS) is 10.8. The van der Waals surface area contributed by atoms with Crippen LogP contribution in [0.5, 0.6) is 0 Å². The lowest BCUT2D eigenvalue weighted by Crippen LogP contribution is -2.20. The van der Waals surface area contributed by atoms with Crippen molar-refractivity contribution in [3.63, 3.8) is 0 Å². The molecular formula is C17H20N2O5S. The van der Waals surface area contributed by atoms with E-state index in [4.69, 9.17) is 14.0 Å². The Balaban J connectivity index is 2.02. The SMILES string of the molecule is Cc1noc(C)c1CSc1ncccc1C(=O)OCC(=O)OC(C)C. The van der Waals surface area contributed by atoms with Gasteiger partial charge in [-0.15, -0.1) is 11.8 Å². The summed E-state index contributed by atoms with van der Waals surface area (Å²) < 4.78 is 15.1. The third-order valence-corrected chi connectivity index (χ3v) is 4.25. The lowest BCUT2D eigenvalue weighted by atomic mass is 10.2. The summed E-state index contributed by atoms with van der Waals surface area (Å²) >= 11 is 1.38. The van der Waals surface area contributed by atoms with E-state index in [1.54, 1.807) is 32.2 Å². The van der Waals surface area contributed by atoms with Crippen LogP contribution in [0.25, 0.3) is 0 Å². The van der Waals surface area contributed by atoms with E-state index >= 15 is 0 Å². The molecule has 0 radical (unpaired) electrons. The van der Waals surface area contributed by atoms with Crippen molar-refractivity contribution in [3.05, 3.63) is 40.9 Å². The lowest BCUT2D eigenvalue weighted by Gasteiger charge is -2.10. The second-order valence-corrected chi connectivity index (χ2v) is 6.53. The summed E-state index contributed by atoms with van der Waals surface area (Å²) in [6, 6.07) is 3.25. The van der Waals surface area contributed by atoms with Gasteiger partial charge < -0.3 is 14.0 Å². The molecule has 0 aliphatic carbocycles. The number of ether oxygens (including phenoxy) is 2. The molecule has 134 valence electrons. The van der Waals surface area contributed by atoms with E-state index in [0.29, 0.717) is 16.3 Å². The van der Waals surface area contributed by atoms with Gasteiger partial charge in [0.25, 0.3) is 0 Å². The molecule has 7 nitrogen and oxygen atoms in total. The Kier molecular flexibility index (Phi) is 6.58. The van der Waals surface area contributed by atoms with E-state index in [9.17, 15) is 9.59 Å². The maximum Gasteiger partial charge on any atom is 0.344 e. The third-order valence-electron chi connectivity index (χ3n) is 3.21. The van der Waals surface area contributed by atoms with E-state index in [1.807, 2.05) is 13.8 Å². The molecule has 0 unspecified atom stereocenters. The van der Waals surface area contributed by atoms with Crippen molar-refractivity contribution in [2.75, 3.05) is 6.61 Å². The molecule has 0 bridgehead atoms. The Hall–Kier alpha value is -2.35. The number of aromatic nitrogens is 2. The first-order chi connectivity index (χ1) is 11.9. The second-order valence-electron chi connectivity index (χ2n) is 5.56. The zero-order valence-electron chi connectivity index (χ0n) is 14.6. The first kappa shape index (κ1) is 19.0. The smallest absolute Gasteiger partial charge is 0.344 e. The first-order valence-electron chi connectivity index (χ1n) is 7.74. The van der Waals surface area contributed by atoms with Crippen LogP contribution in [0.15, 0.2) is 27.9 Å². The number of carbonyl (C=O) groups excluding carboxylic acids is 2. The number of esters is 2. The zero-order chi connectivity index (χ0) is 18.4. The zero-order valence-corrected chi connectivity index (χ0v) is 15.4. The molecule has 0 saturated heterocycles. The molecule has 0 aromatic carbocycles. The minimum atomic E-state index is -0.616. The van der Waals surface area contributed by atoms with Crippen molar-refractivity contribution in [2.24, 2.45) is 0 Å². The summed E-state index contributed by atoms with van der Waals surface area (Å²) in [5.41, 5.74) is 2.08. The minimum Gasteiger partial charge on any atom is -0.460 e. The Morgan fingerprint density at radius 3 is 2.72 bits per heavy atom. The van der Waals surface area contributed by atoms with Crippen molar-refractivity contribution in [1.29, 1.82) is 0 Å².